The molecule has 0 aliphatic carbocycles. The standard InChI is InChI=1S/C13H13NO/c1-2-7-12-10(5-1)9-13(15-12)11-6-3-4-8-14-11/h1-5,7,9,11,14H,6,8H2. The molecule has 3 rings (SSSR count). The van der Waals surface area contributed by atoms with Crippen LogP contribution >= 0.6 is 0 Å². The molecule has 1 aromatic heterocycles. The lowest BCUT2D eigenvalue weighted by Gasteiger charge is -2.16. The van der Waals surface area contributed by atoms with Gasteiger partial charge in [-0.3, -0.25) is 0 Å². The molecule has 1 aliphatic heterocycles. The Morgan fingerprint density at radius 2 is 2.13 bits per heavy atom. The second-order valence-electron chi connectivity index (χ2n) is 3.85. The fourth-order valence-electron chi connectivity index (χ4n) is 2.00. The summed E-state index contributed by atoms with van der Waals surface area (Å²) in [5, 5.41) is 4.60. The lowest BCUT2D eigenvalue weighted by molar-refractivity contribution is 0.436. The average Bonchev–Trinajstić information content (AvgIpc) is 2.74. The van der Waals surface area contributed by atoms with Gasteiger partial charge < -0.3 is 9.73 Å². The Morgan fingerprint density at radius 1 is 1.20 bits per heavy atom. The molecule has 2 heteroatoms. The van der Waals surface area contributed by atoms with E-state index in [-0.39, 0.29) is 0 Å². The van der Waals surface area contributed by atoms with E-state index in [2.05, 4.69) is 29.6 Å². The summed E-state index contributed by atoms with van der Waals surface area (Å²) in [5.41, 5.74) is 0.976. The molecule has 2 heterocycles. The largest absolute Gasteiger partial charge is 0.459 e. The zero-order chi connectivity index (χ0) is 10.1. The summed E-state index contributed by atoms with van der Waals surface area (Å²) in [6.45, 7) is 0.932. The SMILES string of the molecule is C1=CCC(c2cc3ccccc3o2)NC1. The van der Waals surface area contributed by atoms with Crippen LogP contribution in [0.15, 0.2) is 46.9 Å². The number of para-hydroxylation sites is 1. The second-order valence-corrected chi connectivity index (χ2v) is 3.85. The third kappa shape index (κ3) is 1.57. The Balaban J connectivity index is 2.00. The zero-order valence-electron chi connectivity index (χ0n) is 8.44. The molecular formula is C13H13NO. The van der Waals surface area contributed by atoms with Crippen LogP contribution in [0.5, 0.6) is 0 Å². The first kappa shape index (κ1) is 8.74. The molecule has 0 bridgehead atoms. The van der Waals surface area contributed by atoms with Gasteiger partial charge in [0, 0.05) is 11.9 Å². The average molecular weight is 199 g/mol. The van der Waals surface area contributed by atoms with Gasteiger partial charge in [-0.2, -0.15) is 0 Å². The summed E-state index contributed by atoms with van der Waals surface area (Å²) < 4.78 is 5.81. The Bertz CT molecular complexity index is 465. The van der Waals surface area contributed by atoms with Gasteiger partial charge in [0.2, 0.25) is 0 Å². The van der Waals surface area contributed by atoms with Crippen molar-refractivity contribution in [1.29, 1.82) is 0 Å². The summed E-state index contributed by atoms with van der Waals surface area (Å²) in [6, 6.07) is 10.6. The molecular weight excluding hydrogens is 186 g/mol. The predicted molar refractivity (Wildman–Crippen MR) is 60.7 cm³/mol. The third-order valence-corrected chi connectivity index (χ3v) is 2.81. The van der Waals surface area contributed by atoms with Crippen molar-refractivity contribution >= 4 is 11.0 Å². The van der Waals surface area contributed by atoms with Crippen LogP contribution in [0, 0.1) is 0 Å². The van der Waals surface area contributed by atoms with Crippen molar-refractivity contribution in [3.05, 3.63) is 48.2 Å². The summed E-state index contributed by atoms with van der Waals surface area (Å²) in [4.78, 5) is 0. The number of fused-ring (bicyclic) bond motifs is 1. The number of nitrogens with one attached hydrogen (secondary N) is 1. The predicted octanol–water partition coefficient (Wildman–Crippen LogP) is 3.02. The van der Waals surface area contributed by atoms with Crippen molar-refractivity contribution in [1.82, 2.24) is 5.32 Å². The van der Waals surface area contributed by atoms with E-state index in [4.69, 9.17) is 4.42 Å². The highest BCUT2D eigenvalue weighted by Crippen LogP contribution is 2.26. The third-order valence-electron chi connectivity index (χ3n) is 2.81. The molecule has 2 aromatic rings. The number of rotatable bonds is 1. The molecule has 2 nitrogen and oxygen atoms in total. The quantitative estimate of drug-likeness (QED) is 0.714. The van der Waals surface area contributed by atoms with Gasteiger partial charge in [0.05, 0.1) is 6.04 Å². The van der Waals surface area contributed by atoms with E-state index in [1.807, 2.05) is 18.2 Å². The van der Waals surface area contributed by atoms with Crippen LogP contribution < -0.4 is 5.32 Å². The van der Waals surface area contributed by atoms with Crippen LogP contribution in [0.1, 0.15) is 18.2 Å². The van der Waals surface area contributed by atoms with Gasteiger partial charge in [0.15, 0.2) is 0 Å². The van der Waals surface area contributed by atoms with Crippen molar-refractivity contribution in [2.75, 3.05) is 6.54 Å². The molecule has 0 saturated heterocycles. The van der Waals surface area contributed by atoms with Gasteiger partial charge >= 0.3 is 0 Å². The number of hydrogen-bond donors (Lipinski definition) is 1. The maximum atomic E-state index is 5.81. The van der Waals surface area contributed by atoms with Crippen molar-refractivity contribution in [3.63, 3.8) is 0 Å². The highest BCUT2D eigenvalue weighted by atomic mass is 16.3. The first-order valence-electron chi connectivity index (χ1n) is 5.30. The normalized spacial score (nSPS) is 20.9. The molecule has 0 saturated carbocycles. The smallest absolute Gasteiger partial charge is 0.134 e. The van der Waals surface area contributed by atoms with E-state index in [1.54, 1.807) is 0 Å². The fourth-order valence-corrected chi connectivity index (χ4v) is 2.00. The van der Waals surface area contributed by atoms with E-state index in [0.717, 1.165) is 24.3 Å². The highest BCUT2D eigenvalue weighted by molar-refractivity contribution is 5.77. The van der Waals surface area contributed by atoms with Crippen molar-refractivity contribution < 1.29 is 4.42 Å². The summed E-state index contributed by atoms with van der Waals surface area (Å²) in [7, 11) is 0. The minimum atomic E-state index is 0.336. The Hall–Kier alpha value is -1.54. The van der Waals surface area contributed by atoms with Gasteiger partial charge in [0.1, 0.15) is 11.3 Å². The number of benzene rings is 1. The van der Waals surface area contributed by atoms with Gasteiger partial charge in [0.25, 0.3) is 0 Å². The minimum Gasteiger partial charge on any atom is -0.459 e. The first-order chi connectivity index (χ1) is 7.43. The van der Waals surface area contributed by atoms with E-state index in [1.165, 1.54) is 5.39 Å². The van der Waals surface area contributed by atoms with Crippen molar-refractivity contribution in [3.8, 4) is 0 Å². The van der Waals surface area contributed by atoms with Crippen LogP contribution in [-0.4, -0.2) is 6.54 Å². The summed E-state index contributed by atoms with van der Waals surface area (Å²) in [6.07, 6.45) is 5.37. The minimum absolute atomic E-state index is 0.336. The fraction of sp³-hybridized carbons (Fsp3) is 0.231. The lowest BCUT2D eigenvalue weighted by atomic mass is 10.1. The van der Waals surface area contributed by atoms with E-state index in [0.29, 0.717) is 6.04 Å². The molecule has 1 N–H and O–H groups in total. The summed E-state index contributed by atoms with van der Waals surface area (Å²) >= 11 is 0. The van der Waals surface area contributed by atoms with Gasteiger partial charge in [-0.1, -0.05) is 30.4 Å². The van der Waals surface area contributed by atoms with Gasteiger partial charge in [-0.05, 0) is 18.6 Å². The molecule has 1 unspecified atom stereocenters. The second kappa shape index (κ2) is 3.55. The topological polar surface area (TPSA) is 25.2 Å². The maximum Gasteiger partial charge on any atom is 0.134 e. The Morgan fingerprint density at radius 3 is 2.93 bits per heavy atom. The van der Waals surface area contributed by atoms with Crippen molar-refractivity contribution in [2.24, 2.45) is 0 Å². The van der Waals surface area contributed by atoms with Crippen LogP contribution in [0.2, 0.25) is 0 Å². The van der Waals surface area contributed by atoms with Gasteiger partial charge in [-0.15, -0.1) is 0 Å². The van der Waals surface area contributed by atoms with Crippen LogP contribution in [0.25, 0.3) is 11.0 Å². The van der Waals surface area contributed by atoms with Gasteiger partial charge in [-0.25, -0.2) is 0 Å². The molecule has 15 heavy (non-hydrogen) atoms. The van der Waals surface area contributed by atoms with E-state index >= 15 is 0 Å². The van der Waals surface area contributed by atoms with Crippen molar-refractivity contribution in [2.45, 2.75) is 12.5 Å². The van der Waals surface area contributed by atoms with Crippen LogP contribution in [0.3, 0.4) is 0 Å². The van der Waals surface area contributed by atoms with Crippen LogP contribution in [0.4, 0.5) is 0 Å². The molecule has 0 spiro atoms. The molecule has 0 fully saturated rings. The molecule has 1 aliphatic rings. The Kier molecular flexibility index (Phi) is 2.07. The summed E-state index contributed by atoms with van der Waals surface area (Å²) in [5.74, 6) is 1.04. The molecule has 0 amide bonds. The number of furan rings is 1. The molecule has 0 radical (unpaired) electrons. The van der Waals surface area contributed by atoms with E-state index in [9.17, 15) is 0 Å². The maximum absolute atomic E-state index is 5.81. The lowest BCUT2D eigenvalue weighted by Crippen LogP contribution is -2.23. The number of hydrogen-bond acceptors (Lipinski definition) is 2. The zero-order valence-corrected chi connectivity index (χ0v) is 8.44. The van der Waals surface area contributed by atoms with Crippen LogP contribution in [-0.2, 0) is 0 Å². The highest BCUT2D eigenvalue weighted by Gasteiger charge is 2.15. The molecule has 1 aromatic carbocycles. The Labute approximate surface area is 88.6 Å². The first-order valence-corrected chi connectivity index (χ1v) is 5.30. The molecule has 76 valence electrons. The van der Waals surface area contributed by atoms with E-state index < -0.39 is 0 Å². The monoisotopic (exact) mass is 199 g/mol. The molecule has 1 atom stereocenters.